The zero-order valence-corrected chi connectivity index (χ0v) is 12.9. The Morgan fingerprint density at radius 1 is 1.53 bits per heavy atom. The van der Waals surface area contributed by atoms with E-state index in [1.807, 2.05) is 6.92 Å². The number of sulfonamides is 1. The number of aryl methyl sites for hydroxylation is 1. The quantitative estimate of drug-likeness (QED) is 0.884. The number of nitrogens with zero attached hydrogens (tertiary/aromatic N) is 1. The number of thiazole rings is 1. The van der Waals surface area contributed by atoms with Crippen LogP contribution < -0.4 is 4.72 Å². The molecule has 0 spiro atoms. The molecule has 0 aliphatic carbocycles. The Hall–Kier alpha value is -0.800. The molecular formula is C11H14N2O3S3. The highest BCUT2D eigenvalue weighted by Gasteiger charge is 2.23. The second-order valence-electron chi connectivity index (χ2n) is 4.02. The van der Waals surface area contributed by atoms with Crippen molar-refractivity contribution in [2.75, 3.05) is 0 Å². The van der Waals surface area contributed by atoms with Crippen molar-refractivity contribution in [2.24, 2.45) is 0 Å². The molecule has 0 saturated carbocycles. The van der Waals surface area contributed by atoms with E-state index in [-0.39, 0.29) is 11.5 Å². The minimum absolute atomic E-state index is 0.139. The first-order valence-corrected chi connectivity index (χ1v) is 8.74. The highest BCUT2D eigenvalue weighted by atomic mass is 32.2. The summed E-state index contributed by atoms with van der Waals surface area (Å²) in [5, 5.41) is 11.5. The minimum Gasteiger partial charge on any atom is -0.391 e. The van der Waals surface area contributed by atoms with E-state index in [1.54, 1.807) is 18.5 Å². The standard InChI is InChI=1S/C11H14N2O3S3/c1-7-5-12-11(18-7)8(2)13-19(15,16)10-3-4-17-9(10)6-14/h3-5,8,13-14H,6H2,1-2H3. The summed E-state index contributed by atoms with van der Waals surface area (Å²) in [5.74, 6) is 0. The molecule has 5 nitrogen and oxygen atoms in total. The third-order valence-electron chi connectivity index (χ3n) is 2.48. The van der Waals surface area contributed by atoms with Crippen LogP contribution in [0.1, 0.15) is 27.7 Å². The highest BCUT2D eigenvalue weighted by molar-refractivity contribution is 7.89. The first kappa shape index (κ1) is 14.6. The first-order valence-electron chi connectivity index (χ1n) is 5.56. The Balaban J connectivity index is 2.22. The van der Waals surface area contributed by atoms with Gasteiger partial charge in [0.1, 0.15) is 5.01 Å². The Bertz CT molecular complexity index is 660. The lowest BCUT2D eigenvalue weighted by Gasteiger charge is -2.11. The summed E-state index contributed by atoms with van der Waals surface area (Å²) in [7, 11) is -3.63. The summed E-state index contributed by atoms with van der Waals surface area (Å²) in [4.78, 5) is 5.78. The molecule has 0 amide bonds. The number of thiophene rings is 1. The van der Waals surface area contributed by atoms with E-state index in [0.717, 1.165) is 9.88 Å². The van der Waals surface area contributed by atoms with Crippen LogP contribution in [-0.4, -0.2) is 18.5 Å². The highest BCUT2D eigenvalue weighted by Crippen LogP contribution is 2.25. The molecule has 0 radical (unpaired) electrons. The fraction of sp³-hybridized carbons (Fsp3) is 0.364. The molecule has 2 aromatic rings. The Labute approximate surface area is 120 Å². The number of hydrogen-bond acceptors (Lipinski definition) is 6. The van der Waals surface area contributed by atoms with E-state index in [2.05, 4.69) is 9.71 Å². The Kier molecular flexibility index (Phi) is 4.36. The van der Waals surface area contributed by atoms with Crippen LogP contribution in [0, 0.1) is 6.92 Å². The van der Waals surface area contributed by atoms with Crippen LogP contribution in [-0.2, 0) is 16.6 Å². The summed E-state index contributed by atoms with van der Waals surface area (Å²) in [6.07, 6.45) is 1.72. The van der Waals surface area contributed by atoms with E-state index in [1.165, 1.54) is 28.7 Å². The monoisotopic (exact) mass is 318 g/mol. The molecule has 2 aromatic heterocycles. The normalized spacial score (nSPS) is 13.6. The van der Waals surface area contributed by atoms with Crippen molar-refractivity contribution in [3.05, 3.63) is 32.4 Å². The summed E-state index contributed by atoms with van der Waals surface area (Å²) in [6.45, 7) is 3.39. The van der Waals surface area contributed by atoms with Gasteiger partial charge in [0.25, 0.3) is 0 Å². The van der Waals surface area contributed by atoms with Crippen LogP contribution in [0.2, 0.25) is 0 Å². The molecule has 104 valence electrons. The average Bonchev–Trinajstić information content (AvgIpc) is 2.96. The zero-order valence-electron chi connectivity index (χ0n) is 10.5. The predicted octanol–water partition coefficient (Wildman–Crippen LogP) is 2.04. The lowest BCUT2D eigenvalue weighted by molar-refractivity contribution is 0.282. The van der Waals surface area contributed by atoms with E-state index in [9.17, 15) is 8.42 Å². The zero-order chi connectivity index (χ0) is 14.0. The molecule has 0 aliphatic rings. The second-order valence-corrected chi connectivity index (χ2v) is 7.97. The van der Waals surface area contributed by atoms with E-state index >= 15 is 0 Å². The van der Waals surface area contributed by atoms with Gasteiger partial charge in [0.15, 0.2) is 0 Å². The van der Waals surface area contributed by atoms with E-state index < -0.39 is 16.1 Å². The van der Waals surface area contributed by atoms with Gasteiger partial charge in [0.2, 0.25) is 10.0 Å². The van der Waals surface area contributed by atoms with E-state index in [0.29, 0.717) is 4.88 Å². The van der Waals surface area contributed by atoms with Gasteiger partial charge in [-0.1, -0.05) is 0 Å². The van der Waals surface area contributed by atoms with Gasteiger partial charge in [0, 0.05) is 16.0 Å². The molecule has 0 fully saturated rings. The molecule has 0 bridgehead atoms. The van der Waals surface area contributed by atoms with E-state index in [4.69, 9.17) is 5.11 Å². The molecule has 1 unspecified atom stereocenters. The van der Waals surface area contributed by atoms with Crippen molar-refractivity contribution in [1.29, 1.82) is 0 Å². The van der Waals surface area contributed by atoms with Gasteiger partial charge in [-0.15, -0.1) is 22.7 Å². The van der Waals surface area contributed by atoms with Crippen molar-refractivity contribution in [3.63, 3.8) is 0 Å². The summed E-state index contributed by atoms with van der Waals surface area (Å²) in [5.41, 5.74) is 0. The van der Waals surface area contributed by atoms with Gasteiger partial charge >= 0.3 is 0 Å². The minimum atomic E-state index is -3.63. The number of nitrogens with one attached hydrogen (secondary N) is 1. The number of hydrogen-bond donors (Lipinski definition) is 2. The summed E-state index contributed by atoms with van der Waals surface area (Å²) < 4.78 is 27.0. The van der Waals surface area contributed by atoms with Crippen LogP contribution in [0.25, 0.3) is 0 Å². The Morgan fingerprint density at radius 3 is 2.84 bits per heavy atom. The maximum atomic E-state index is 12.2. The van der Waals surface area contributed by atoms with Crippen LogP contribution >= 0.6 is 22.7 Å². The molecule has 1 atom stereocenters. The fourth-order valence-electron chi connectivity index (χ4n) is 1.60. The van der Waals surface area contributed by atoms with Crippen molar-refractivity contribution in [3.8, 4) is 0 Å². The first-order chi connectivity index (χ1) is 8.94. The number of aromatic nitrogens is 1. The molecular weight excluding hydrogens is 304 g/mol. The number of aliphatic hydroxyl groups excluding tert-OH is 1. The third kappa shape index (κ3) is 3.21. The van der Waals surface area contributed by atoms with Crippen LogP contribution in [0.5, 0.6) is 0 Å². The van der Waals surface area contributed by atoms with Crippen molar-refractivity contribution in [2.45, 2.75) is 31.4 Å². The molecule has 0 saturated heterocycles. The van der Waals surface area contributed by atoms with Crippen molar-refractivity contribution >= 4 is 32.7 Å². The summed E-state index contributed by atoms with van der Waals surface area (Å²) >= 11 is 2.68. The maximum absolute atomic E-state index is 12.2. The topological polar surface area (TPSA) is 79.3 Å². The van der Waals surface area contributed by atoms with Gasteiger partial charge < -0.3 is 5.11 Å². The number of aliphatic hydroxyl groups is 1. The van der Waals surface area contributed by atoms with Crippen LogP contribution in [0.3, 0.4) is 0 Å². The maximum Gasteiger partial charge on any atom is 0.242 e. The van der Waals surface area contributed by atoms with Gasteiger partial charge in [-0.3, -0.25) is 0 Å². The second kappa shape index (κ2) is 5.68. The van der Waals surface area contributed by atoms with Gasteiger partial charge in [0.05, 0.1) is 17.5 Å². The van der Waals surface area contributed by atoms with Gasteiger partial charge in [-0.25, -0.2) is 18.1 Å². The average molecular weight is 318 g/mol. The summed E-state index contributed by atoms with van der Waals surface area (Å²) in [6, 6.07) is 1.11. The van der Waals surface area contributed by atoms with Gasteiger partial charge in [-0.2, -0.15) is 0 Å². The predicted molar refractivity (Wildman–Crippen MR) is 75.8 cm³/mol. The molecule has 0 aromatic carbocycles. The lowest BCUT2D eigenvalue weighted by Crippen LogP contribution is -2.27. The van der Waals surface area contributed by atoms with Crippen molar-refractivity contribution in [1.82, 2.24) is 9.71 Å². The van der Waals surface area contributed by atoms with Crippen LogP contribution in [0.4, 0.5) is 0 Å². The van der Waals surface area contributed by atoms with Crippen molar-refractivity contribution < 1.29 is 13.5 Å². The number of rotatable bonds is 5. The molecule has 2 rings (SSSR count). The smallest absolute Gasteiger partial charge is 0.242 e. The van der Waals surface area contributed by atoms with Gasteiger partial charge in [-0.05, 0) is 25.3 Å². The molecule has 0 aliphatic heterocycles. The molecule has 2 N–H and O–H groups in total. The SMILES string of the molecule is Cc1cnc(C(C)NS(=O)(=O)c2ccsc2CO)s1. The lowest BCUT2D eigenvalue weighted by atomic mass is 10.4. The third-order valence-corrected chi connectivity index (χ3v) is 6.23. The molecule has 8 heteroatoms. The van der Waals surface area contributed by atoms with Crippen LogP contribution in [0.15, 0.2) is 22.5 Å². The fourth-order valence-corrected chi connectivity index (χ4v) is 4.96. The largest absolute Gasteiger partial charge is 0.391 e. The molecule has 19 heavy (non-hydrogen) atoms. The Morgan fingerprint density at radius 2 is 2.26 bits per heavy atom. The molecule has 2 heterocycles.